The number of nitrogens with one attached hydrogen (secondary N) is 2. The topological polar surface area (TPSA) is 85.0 Å². The molecule has 2 N–H and O–H groups in total. The Hall–Kier alpha value is -2.88. The van der Waals surface area contributed by atoms with Gasteiger partial charge in [-0.2, -0.15) is 0 Å². The van der Waals surface area contributed by atoms with Crippen LogP contribution >= 0.6 is 11.3 Å². The minimum absolute atomic E-state index is 0.175. The third kappa shape index (κ3) is 4.18. The van der Waals surface area contributed by atoms with E-state index in [0.717, 1.165) is 54.7 Å². The van der Waals surface area contributed by atoms with E-state index in [-0.39, 0.29) is 12.7 Å². The molecule has 1 aromatic heterocycles. The molecule has 2 aromatic carbocycles. The normalized spacial score (nSPS) is 16.0. The number of aromatic nitrogens is 1. The van der Waals surface area contributed by atoms with Crippen LogP contribution < -0.4 is 20.1 Å². The second-order valence-corrected chi connectivity index (χ2v) is 8.14. The summed E-state index contributed by atoms with van der Waals surface area (Å²) in [5.41, 5.74) is 2.14. The van der Waals surface area contributed by atoms with E-state index >= 15 is 0 Å². The van der Waals surface area contributed by atoms with Gasteiger partial charge >= 0.3 is 0 Å². The summed E-state index contributed by atoms with van der Waals surface area (Å²) in [5.74, 6) is 1.15. The quantitative estimate of drug-likeness (QED) is 0.627. The highest BCUT2D eigenvalue weighted by molar-refractivity contribution is 7.22. The number of anilines is 2. The fourth-order valence-corrected chi connectivity index (χ4v) is 4.40. The molecular formula is C21H22N4O4S. The van der Waals surface area contributed by atoms with Crippen molar-refractivity contribution in [2.75, 3.05) is 56.8 Å². The molecule has 0 saturated carbocycles. The van der Waals surface area contributed by atoms with Crippen molar-refractivity contribution in [1.29, 1.82) is 0 Å². The lowest BCUT2D eigenvalue weighted by Gasteiger charge is -2.26. The predicted molar refractivity (Wildman–Crippen MR) is 116 cm³/mol. The second-order valence-electron chi connectivity index (χ2n) is 7.10. The number of nitrogens with zero attached hydrogens (tertiary/aromatic N) is 2. The highest BCUT2D eigenvalue weighted by Gasteiger charge is 2.15. The molecule has 0 atom stereocenters. The lowest BCUT2D eigenvalue weighted by Crippen LogP contribution is -2.38. The molecular weight excluding hydrogens is 404 g/mol. The molecule has 9 heteroatoms. The van der Waals surface area contributed by atoms with Gasteiger partial charge in [0.15, 0.2) is 16.6 Å². The maximum absolute atomic E-state index is 12.7. The van der Waals surface area contributed by atoms with Crippen LogP contribution in [0.4, 0.5) is 10.8 Å². The summed E-state index contributed by atoms with van der Waals surface area (Å²) in [6.45, 7) is 5.56. The molecule has 0 unspecified atom stereocenters. The lowest BCUT2D eigenvalue weighted by atomic mass is 10.2. The first-order chi connectivity index (χ1) is 14.7. The van der Waals surface area contributed by atoms with E-state index in [1.165, 1.54) is 0 Å². The zero-order valence-electron chi connectivity index (χ0n) is 16.3. The molecule has 3 aromatic rings. The lowest BCUT2D eigenvalue weighted by molar-refractivity contribution is 0.0398. The molecule has 0 bridgehead atoms. The van der Waals surface area contributed by atoms with Crippen LogP contribution in [0.2, 0.25) is 0 Å². The molecule has 1 fully saturated rings. The number of carbonyl (C=O) groups excluding carboxylic acids is 1. The fourth-order valence-electron chi connectivity index (χ4n) is 3.46. The highest BCUT2D eigenvalue weighted by atomic mass is 32.1. The second kappa shape index (κ2) is 8.47. The summed E-state index contributed by atoms with van der Waals surface area (Å²) in [4.78, 5) is 19.7. The SMILES string of the molecule is O=C(Nc1ccc2c(c1)OCO2)c1ccc2nc(NCCN3CCOCC3)sc2c1. The van der Waals surface area contributed by atoms with Gasteiger partial charge in [-0.3, -0.25) is 9.69 Å². The molecule has 1 amide bonds. The van der Waals surface area contributed by atoms with E-state index in [2.05, 4.69) is 20.5 Å². The maximum Gasteiger partial charge on any atom is 0.255 e. The number of amides is 1. The van der Waals surface area contributed by atoms with Crippen LogP contribution in [0.1, 0.15) is 10.4 Å². The molecule has 30 heavy (non-hydrogen) atoms. The average Bonchev–Trinajstić information content (AvgIpc) is 3.40. The van der Waals surface area contributed by atoms with Crippen molar-refractivity contribution in [2.45, 2.75) is 0 Å². The monoisotopic (exact) mass is 426 g/mol. The van der Waals surface area contributed by atoms with Crippen LogP contribution in [-0.2, 0) is 4.74 Å². The molecule has 5 rings (SSSR count). The van der Waals surface area contributed by atoms with Gasteiger partial charge in [-0.05, 0) is 30.3 Å². The third-order valence-electron chi connectivity index (χ3n) is 5.09. The number of ether oxygens (including phenoxy) is 3. The summed E-state index contributed by atoms with van der Waals surface area (Å²) in [6, 6.07) is 10.9. The van der Waals surface area contributed by atoms with Crippen molar-refractivity contribution in [3.63, 3.8) is 0 Å². The molecule has 8 nitrogen and oxygen atoms in total. The first kappa shape index (κ1) is 19.1. The number of benzene rings is 2. The van der Waals surface area contributed by atoms with E-state index in [9.17, 15) is 4.79 Å². The Morgan fingerprint density at radius 1 is 1.10 bits per heavy atom. The number of hydrogen-bond donors (Lipinski definition) is 2. The minimum atomic E-state index is -0.175. The van der Waals surface area contributed by atoms with Crippen molar-refractivity contribution < 1.29 is 19.0 Å². The van der Waals surface area contributed by atoms with Crippen molar-refractivity contribution >= 4 is 38.3 Å². The largest absolute Gasteiger partial charge is 0.454 e. The smallest absolute Gasteiger partial charge is 0.255 e. The summed E-state index contributed by atoms with van der Waals surface area (Å²) >= 11 is 1.56. The Morgan fingerprint density at radius 2 is 1.97 bits per heavy atom. The summed E-state index contributed by atoms with van der Waals surface area (Å²) in [6.07, 6.45) is 0. The Bertz CT molecular complexity index is 1060. The molecule has 3 heterocycles. The first-order valence-electron chi connectivity index (χ1n) is 9.90. The van der Waals surface area contributed by atoms with Crippen LogP contribution in [0.25, 0.3) is 10.2 Å². The number of morpholine rings is 1. The van der Waals surface area contributed by atoms with Crippen LogP contribution in [0.15, 0.2) is 36.4 Å². The Balaban J connectivity index is 1.22. The summed E-state index contributed by atoms with van der Waals surface area (Å²) in [5, 5.41) is 7.17. The van der Waals surface area contributed by atoms with E-state index in [1.807, 2.05) is 12.1 Å². The molecule has 1 saturated heterocycles. The molecule has 156 valence electrons. The molecule has 2 aliphatic rings. The Kier molecular flexibility index (Phi) is 5.39. The van der Waals surface area contributed by atoms with E-state index in [0.29, 0.717) is 22.7 Å². The van der Waals surface area contributed by atoms with Gasteiger partial charge in [0.2, 0.25) is 6.79 Å². The first-order valence-corrected chi connectivity index (χ1v) is 10.7. The molecule has 0 spiro atoms. The van der Waals surface area contributed by atoms with Crippen molar-refractivity contribution in [3.05, 3.63) is 42.0 Å². The highest BCUT2D eigenvalue weighted by Crippen LogP contribution is 2.34. The van der Waals surface area contributed by atoms with Gasteiger partial charge in [0.05, 0.1) is 23.4 Å². The van der Waals surface area contributed by atoms with Gasteiger partial charge in [0.25, 0.3) is 5.91 Å². The van der Waals surface area contributed by atoms with Crippen LogP contribution in [-0.4, -0.2) is 62.0 Å². The summed E-state index contributed by atoms with van der Waals surface area (Å²) in [7, 11) is 0. The number of fused-ring (bicyclic) bond motifs is 2. The zero-order chi connectivity index (χ0) is 20.3. The van der Waals surface area contributed by atoms with E-state index < -0.39 is 0 Å². The van der Waals surface area contributed by atoms with Gasteiger partial charge in [-0.15, -0.1) is 0 Å². The third-order valence-corrected chi connectivity index (χ3v) is 6.06. The Labute approximate surface area is 177 Å². The summed E-state index contributed by atoms with van der Waals surface area (Å²) < 4.78 is 17.0. The number of hydrogen-bond acceptors (Lipinski definition) is 8. The predicted octanol–water partition coefficient (Wildman–Crippen LogP) is 3.02. The maximum atomic E-state index is 12.7. The van der Waals surface area contributed by atoms with Gasteiger partial charge in [-0.1, -0.05) is 11.3 Å². The van der Waals surface area contributed by atoms with Gasteiger partial charge in [0.1, 0.15) is 0 Å². The standard InChI is InChI=1S/C21H22N4O4S/c26-20(23-15-2-4-17-18(12-15)29-13-28-17)14-1-3-16-19(11-14)30-21(24-16)22-5-6-25-7-9-27-10-8-25/h1-4,11-12H,5-10,13H2,(H,22,24)(H,23,26). The molecule has 0 radical (unpaired) electrons. The Morgan fingerprint density at radius 3 is 2.87 bits per heavy atom. The van der Waals surface area contributed by atoms with Crippen LogP contribution in [0, 0.1) is 0 Å². The van der Waals surface area contributed by atoms with Gasteiger partial charge < -0.3 is 24.8 Å². The fraction of sp³-hybridized carbons (Fsp3) is 0.333. The zero-order valence-corrected chi connectivity index (χ0v) is 17.2. The molecule has 2 aliphatic heterocycles. The van der Waals surface area contributed by atoms with E-state index in [1.54, 1.807) is 35.6 Å². The van der Waals surface area contributed by atoms with Crippen molar-refractivity contribution in [3.8, 4) is 11.5 Å². The van der Waals surface area contributed by atoms with Crippen molar-refractivity contribution in [1.82, 2.24) is 9.88 Å². The van der Waals surface area contributed by atoms with E-state index in [4.69, 9.17) is 14.2 Å². The average molecular weight is 426 g/mol. The van der Waals surface area contributed by atoms with Crippen molar-refractivity contribution in [2.24, 2.45) is 0 Å². The van der Waals surface area contributed by atoms with Crippen LogP contribution in [0.3, 0.4) is 0 Å². The minimum Gasteiger partial charge on any atom is -0.454 e. The molecule has 0 aliphatic carbocycles. The van der Waals surface area contributed by atoms with Gasteiger partial charge in [-0.25, -0.2) is 4.98 Å². The number of rotatable bonds is 6. The van der Waals surface area contributed by atoms with Gasteiger partial charge in [0, 0.05) is 43.5 Å². The van der Waals surface area contributed by atoms with Crippen LogP contribution in [0.5, 0.6) is 11.5 Å². The number of carbonyl (C=O) groups is 1. The number of thiazole rings is 1.